The van der Waals surface area contributed by atoms with Crippen molar-refractivity contribution in [3.05, 3.63) is 35.4 Å². The molecule has 92 valence electrons. The first kappa shape index (κ1) is 13.3. The van der Waals surface area contributed by atoms with Crippen LogP contribution in [0.1, 0.15) is 26.3 Å². The Morgan fingerprint density at radius 3 is 2.71 bits per heavy atom. The summed E-state index contributed by atoms with van der Waals surface area (Å²) in [5.41, 5.74) is 1.25. The number of carboxylic acids is 1. The molecule has 0 atom stereocenters. The van der Waals surface area contributed by atoms with Gasteiger partial charge in [-0.05, 0) is 36.6 Å². The van der Waals surface area contributed by atoms with Crippen LogP contribution in [0, 0.1) is 5.92 Å². The SMILES string of the molecule is CCOc1cccc(/C=C(/C(=O)O)C(C)C)c1. The molecular weight excluding hydrogens is 216 g/mol. The predicted molar refractivity (Wildman–Crippen MR) is 68.1 cm³/mol. The maximum Gasteiger partial charge on any atom is 0.331 e. The van der Waals surface area contributed by atoms with Gasteiger partial charge in [0.2, 0.25) is 0 Å². The molecule has 0 spiro atoms. The third-order valence-electron chi connectivity index (χ3n) is 2.36. The van der Waals surface area contributed by atoms with Crippen molar-refractivity contribution in [2.24, 2.45) is 5.92 Å². The summed E-state index contributed by atoms with van der Waals surface area (Å²) in [6, 6.07) is 7.43. The Hall–Kier alpha value is -1.77. The Kier molecular flexibility index (Phi) is 4.76. The number of benzene rings is 1. The fourth-order valence-corrected chi connectivity index (χ4v) is 1.52. The molecule has 1 N–H and O–H groups in total. The van der Waals surface area contributed by atoms with Gasteiger partial charge in [-0.3, -0.25) is 0 Å². The van der Waals surface area contributed by atoms with Crippen LogP contribution in [0.2, 0.25) is 0 Å². The summed E-state index contributed by atoms with van der Waals surface area (Å²) in [6.45, 7) is 6.25. The van der Waals surface area contributed by atoms with Crippen molar-refractivity contribution in [3.8, 4) is 5.75 Å². The van der Waals surface area contributed by atoms with E-state index in [0.29, 0.717) is 12.2 Å². The maximum absolute atomic E-state index is 11.1. The molecule has 3 nitrogen and oxygen atoms in total. The van der Waals surface area contributed by atoms with Crippen LogP contribution >= 0.6 is 0 Å². The van der Waals surface area contributed by atoms with E-state index in [1.807, 2.05) is 45.0 Å². The summed E-state index contributed by atoms with van der Waals surface area (Å²) < 4.78 is 5.37. The number of carbonyl (C=O) groups is 1. The van der Waals surface area contributed by atoms with E-state index < -0.39 is 5.97 Å². The highest BCUT2D eigenvalue weighted by Crippen LogP contribution is 2.19. The standard InChI is InChI=1S/C14H18O3/c1-4-17-12-7-5-6-11(8-12)9-13(10(2)3)14(15)16/h5-10H,4H2,1-3H3,(H,15,16)/b13-9+. The number of rotatable bonds is 5. The average Bonchev–Trinajstić information content (AvgIpc) is 2.26. The zero-order chi connectivity index (χ0) is 12.8. The molecule has 0 radical (unpaired) electrons. The molecule has 0 aliphatic heterocycles. The molecule has 0 heterocycles. The van der Waals surface area contributed by atoms with E-state index in [0.717, 1.165) is 11.3 Å². The van der Waals surface area contributed by atoms with Crippen molar-refractivity contribution in [1.82, 2.24) is 0 Å². The van der Waals surface area contributed by atoms with Crippen LogP contribution in [0.3, 0.4) is 0 Å². The van der Waals surface area contributed by atoms with E-state index in [1.54, 1.807) is 6.08 Å². The van der Waals surface area contributed by atoms with Gasteiger partial charge in [-0.15, -0.1) is 0 Å². The minimum absolute atomic E-state index is 0.0109. The van der Waals surface area contributed by atoms with Gasteiger partial charge in [0.15, 0.2) is 0 Å². The Morgan fingerprint density at radius 1 is 1.47 bits per heavy atom. The Balaban J connectivity index is 3.02. The summed E-state index contributed by atoms with van der Waals surface area (Å²) in [7, 11) is 0. The summed E-state index contributed by atoms with van der Waals surface area (Å²) in [6.07, 6.45) is 1.69. The summed E-state index contributed by atoms with van der Waals surface area (Å²) in [5.74, 6) is -0.125. The smallest absolute Gasteiger partial charge is 0.331 e. The average molecular weight is 234 g/mol. The second-order valence-corrected chi connectivity index (χ2v) is 4.07. The third-order valence-corrected chi connectivity index (χ3v) is 2.36. The molecule has 0 bridgehead atoms. The van der Waals surface area contributed by atoms with Gasteiger partial charge in [0.1, 0.15) is 5.75 Å². The van der Waals surface area contributed by atoms with Gasteiger partial charge in [0.05, 0.1) is 6.61 Å². The van der Waals surface area contributed by atoms with Crippen LogP contribution in [0.4, 0.5) is 0 Å². The minimum atomic E-state index is -0.873. The van der Waals surface area contributed by atoms with Crippen LogP contribution in [-0.4, -0.2) is 17.7 Å². The molecule has 0 amide bonds. The number of hydrogen-bond acceptors (Lipinski definition) is 2. The van der Waals surface area contributed by atoms with Crippen molar-refractivity contribution in [3.63, 3.8) is 0 Å². The van der Waals surface area contributed by atoms with E-state index in [-0.39, 0.29) is 5.92 Å². The highest BCUT2D eigenvalue weighted by atomic mass is 16.5. The molecule has 1 aromatic rings. The van der Waals surface area contributed by atoms with Crippen molar-refractivity contribution < 1.29 is 14.6 Å². The third kappa shape index (κ3) is 3.94. The van der Waals surface area contributed by atoms with Crippen molar-refractivity contribution in [2.75, 3.05) is 6.61 Å². The van der Waals surface area contributed by atoms with Crippen LogP contribution < -0.4 is 4.74 Å². The van der Waals surface area contributed by atoms with Crippen LogP contribution in [0.25, 0.3) is 6.08 Å². The molecule has 1 rings (SSSR count). The summed E-state index contributed by atoms with van der Waals surface area (Å²) >= 11 is 0. The lowest BCUT2D eigenvalue weighted by Crippen LogP contribution is -2.06. The minimum Gasteiger partial charge on any atom is -0.494 e. The van der Waals surface area contributed by atoms with E-state index in [4.69, 9.17) is 9.84 Å². The fraction of sp³-hybridized carbons (Fsp3) is 0.357. The first-order chi connectivity index (χ1) is 8.04. The molecule has 0 unspecified atom stereocenters. The zero-order valence-corrected chi connectivity index (χ0v) is 10.4. The lowest BCUT2D eigenvalue weighted by atomic mass is 10.0. The van der Waals surface area contributed by atoms with Crippen LogP contribution in [0.15, 0.2) is 29.8 Å². The largest absolute Gasteiger partial charge is 0.494 e. The molecule has 1 aromatic carbocycles. The molecule has 0 saturated carbocycles. The van der Waals surface area contributed by atoms with Crippen molar-refractivity contribution in [2.45, 2.75) is 20.8 Å². The van der Waals surface area contributed by atoms with Gasteiger partial charge >= 0.3 is 5.97 Å². The van der Waals surface area contributed by atoms with Gasteiger partial charge in [0.25, 0.3) is 0 Å². The Bertz CT molecular complexity index is 419. The maximum atomic E-state index is 11.1. The zero-order valence-electron chi connectivity index (χ0n) is 10.4. The number of aliphatic carboxylic acids is 1. The predicted octanol–water partition coefficient (Wildman–Crippen LogP) is 3.21. The van der Waals surface area contributed by atoms with E-state index in [2.05, 4.69) is 0 Å². The summed E-state index contributed by atoms with van der Waals surface area (Å²) in [4.78, 5) is 11.1. The second kappa shape index (κ2) is 6.09. The fourth-order valence-electron chi connectivity index (χ4n) is 1.52. The lowest BCUT2D eigenvalue weighted by molar-refractivity contribution is -0.133. The Labute approximate surface area is 102 Å². The first-order valence-corrected chi connectivity index (χ1v) is 5.72. The number of hydrogen-bond donors (Lipinski definition) is 1. The highest BCUT2D eigenvalue weighted by Gasteiger charge is 2.11. The number of carboxylic acid groups (broad SMARTS) is 1. The molecule has 0 aliphatic rings. The van der Waals surface area contributed by atoms with E-state index in [1.165, 1.54) is 0 Å². The second-order valence-electron chi connectivity index (χ2n) is 4.07. The van der Waals surface area contributed by atoms with Crippen molar-refractivity contribution >= 4 is 12.0 Å². The summed E-state index contributed by atoms with van der Waals surface area (Å²) in [5, 5.41) is 9.08. The molecule has 3 heteroatoms. The quantitative estimate of drug-likeness (QED) is 0.796. The lowest BCUT2D eigenvalue weighted by Gasteiger charge is -2.07. The van der Waals surface area contributed by atoms with Gasteiger partial charge in [-0.1, -0.05) is 26.0 Å². The Morgan fingerprint density at radius 2 is 2.18 bits per heavy atom. The molecule has 17 heavy (non-hydrogen) atoms. The van der Waals surface area contributed by atoms with E-state index in [9.17, 15) is 4.79 Å². The number of ether oxygens (including phenoxy) is 1. The van der Waals surface area contributed by atoms with Crippen LogP contribution in [0.5, 0.6) is 5.75 Å². The molecule has 0 aromatic heterocycles. The monoisotopic (exact) mass is 234 g/mol. The first-order valence-electron chi connectivity index (χ1n) is 5.72. The van der Waals surface area contributed by atoms with Crippen molar-refractivity contribution in [1.29, 1.82) is 0 Å². The van der Waals surface area contributed by atoms with E-state index >= 15 is 0 Å². The van der Waals surface area contributed by atoms with Crippen LogP contribution in [-0.2, 0) is 4.79 Å². The van der Waals surface area contributed by atoms with Gasteiger partial charge in [-0.2, -0.15) is 0 Å². The van der Waals surface area contributed by atoms with Gasteiger partial charge in [0, 0.05) is 5.57 Å². The molecule has 0 fully saturated rings. The molecule has 0 aliphatic carbocycles. The van der Waals surface area contributed by atoms with Gasteiger partial charge < -0.3 is 9.84 Å². The van der Waals surface area contributed by atoms with Gasteiger partial charge in [-0.25, -0.2) is 4.79 Å². The highest BCUT2D eigenvalue weighted by molar-refractivity contribution is 5.92. The normalized spacial score (nSPS) is 11.6. The molecular formula is C14H18O3. The molecule has 0 saturated heterocycles. The topological polar surface area (TPSA) is 46.5 Å².